The zero-order valence-corrected chi connectivity index (χ0v) is 17.2. The van der Waals surface area contributed by atoms with Gasteiger partial charge in [0.1, 0.15) is 0 Å². The molecule has 0 radical (unpaired) electrons. The maximum Gasteiger partial charge on any atom is 0.339 e. The number of ether oxygens (including phenoxy) is 1. The number of halogens is 1. The normalized spacial score (nSPS) is 11.5. The van der Waals surface area contributed by atoms with Gasteiger partial charge in [-0.25, -0.2) is 4.79 Å². The zero-order valence-electron chi connectivity index (χ0n) is 15.6. The zero-order chi connectivity index (χ0) is 19.6. The Morgan fingerprint density at radius 3 is 2.59 bits per heavy atom. The Morgan fingerprint density at radius 2 is 1.93 bits per heavy atom. The summed E-state index contributed by atoms with van der Waals surface area (Å²) < 4.78 is 5.02. The Labute approximate surface area is 171 Å². The van der Waals surface area contributed by atoms with Gasteiger partial charge in [0.05, 0.1) is 17.2 Å². The molecule has 1 atom stereocenters. The summed E-state index contributed by atoms with van der Waals surface area (Å²) in [6, 6.07) is 15.5. The molecule has 0 aliphatic heterocycles. The molecule has 0 saturated heterocycles. The molecule has 0 aromatic heterocycles. The summed E-state index contributed by atoms with van der Waals surface area (Å²) in [6.45, 7) is 5.01. The van der Waals surface area contributed by atoms with Crippen molar-refractivity contribution in [3.63, 3.8) is 0 Å². The lowest BCUT2D eigenvalue weighted by atomic mass is 9.97. The summed E-state index contributed by atoms with van der Waals surface area (Å²) in [5.41, 5.74) is 2.33. The fourth-order valence-electron chi connectivity index (χ4n) is 2.69. The first-order valence-electron chi connectivity index (χ1n) is 9.08. The molecule has 6 heteroatoms. The standard InChI is InChI=1S/C21H25ClN2O2S/c1-3-15(12-16-8-6-5-7-9-16)14-23-21(27)24-17-10-11-19(22)18(13-17)20(25)26-4-2/h5-11,13,15H,3-4,12,14H2,1-2H3,(H2,23,24,27)/t15-/m1/s1. The van der Waals surface area contributed by atoms with Crippen LogP contribution in [-0.2, 0) is 11.2 Å². The average molecular weight is 405 g/mol. The van der Waals surface area contributed by atoms with Crippen LogP contribution in [0.5, 0.6) is 0 Å². The van der Waals surface area contributed by atoms with E-state index in [-0.39, 0.29) is 0 Å². The van der Waals surface area contributed by atoms with Gasteiger partial charge in [0.2, 0.25) is 0 Å². The van der Waals surface area contributed by atoms with Gasteiger partial charge < -0.3 is 15.4 Å². The van der Waals surface area contributed by atoms with Gasteiger partial charge in [-0.2, -0.15) is 0 Å². The van der Waals surface area contributed by atoms with Crippen molar-refractivity contribution in [2.45, 2.75) is 26.7 Å². The number of hydrogen-bond acceptors (Lipinski definition) is 3. The van der Waals surface area contributed by atoms with Crippen molar-refractivity contribution in [3.8, 4) is 0 Å². The minimum atomic E-state index is -0.445. The summed E-state index contributed by atoms with van der Waals surface area (Å²) in [6.07, 6.45) is 2.05. The molecule has 4 nitrogen and oxygen atoms in total. The molecular weight excluding hydrogens is 380 g/mol. The second-order valence-corrected chi connectivity index (χ2v) is 7.03. The summed E-state index contributed by atoms with van der Waals surface area (Å²) in [5, 5.41) is 7.23. The highest BCUT2D eigenvalue weighted by Crippen LogP contribution is 2.21. The molecule has 2 N–H and O–H groups in total. The number of benzene rings is 2. The van der Waals surface area contributed by atoms with E-state index < -0.39 is 5.97 Å². The smallest absolute Gasteiger partial charge is 0.339 e. The van der Waals surface area contributed by atoms with Gasteiger partial charge in [-0.3, -0.25) is 0 Å². The van der Waals surface area contributed by atoms with E-state index in [1.165, 1.54) is 5.56 Å². The van der Waals surface area contributed by atoms with Crippen molar-refractivity contribution in [1.29, 1.82) is 0 Å². The number of anilines is 1. The van der Waals surface area contributed by atoms with Crippen LogP contribution in [0.3, 0.4) is 0 Å². The maximum absolute atomic E-state index is 11.9. The van der Waals surface area contributed by atoms with Crippen LogP contribution in [0.25, 0.3) is 0 Å². The van der Waals surface area contributed by atoms with Crippen molar-refractivity contribution < 1.29 is 9.53 Å². The van der Waals surface area contributed by atoms with Crippen molar-refractivity contribution in [2.75, 3.05) is 18.5 Å². The number of esters is 1. The van der Waals surface area contributed by atoms with Crippen LogP contribution >= 0.6 is 23.8 Å². The first-order valence-corrected chi connectivity index (χ1v) is 9.87. The van der Waals surface area contributed by atoms with E-state index in [1.54, 1.807) is 25.1 Å². The third-order valence-corrected chi connectivity index (χ3v) is 4.79. The van der Waals surface area contributed by atoms with Gasteiger partial charge in [0, 0.05) is 12.2 Å². The molecule has 0 saturated carbocycles. The number of nitrogens with one attached hydrogen (secondary N) is 2. The number of thiocarbonyl (C=S) groups is 1. The van der Waals surface area contributed by atoms with Gasteiger partial charge in [0.25, 0.3) is 0 Å². The molecule has 0 aliphatic rings. The fraction of sp³-hybridized carbons (Fsp3) is 0.333. The highest BCUT2D eigenvalue weighted by Gasteiger charge is 2.13. The predicted molar refractivity (Wildman–Crippen MR) is 116 cm³/mol. The van der Waals surface area contributed by atoms with E-state index in [9.17, 15) is 4.79 Å². The lowest BCUT2D eigenvalue weighted by molar-refractivity contribution is 0.0526. The number of rotatable bonds is 8. The van der Waals surface area contributed by atoms with Gasteiger partial charge in [-0.05, 0) is 55.2 Å². The molecule has 27 heavy (non-hydrogen) atoms. The van der Waals surface area contributed by atoms with Crippen LogP contribution in [0.2, 0.25) is 5.02 Å². The van der Waals surface area contributed by atoms with Crippen LogP contribution in [0.15, 0.2) is 48.5 Å². The van der Waals surface area contributed by atoms with Crippen molar-refractivity contribution in [3.05, 3.63) is 64.7 Å². The third-order valence-electron chi connectivity index (χ3n) is 4.22. The second kappa shape index (κ2) is 10.9. The van der Waals surface area contributed by atoms with E-state index in [1.807, 2.05) is 6.07 Å². The topological polar surface area (TPSA) is 50.4 Å². The quantitative estimate of drug-likeness (QED) is 0.475. The van der Waals surface area contributed by atoms with Gasteiger partial charge >= 0.3 is 5.97 Å². The predicted octanol–water partition coefficient (Wildman–Crippen LogP) is 5.07. The lowest BCUT2D eigenvalue weighted by Crippen LogP contribution is -2.33. The molecular formula is C21H25ClN2O2S. The third kappa shape index (κ3) is 6.85. The highest BCUT2D eigenvalue weighted by atomic mass is 35.5. The summed E-state index contributed by atoms with van der Waals surface area (Å²) in [4.78, 5) is 11.9. The molecule has 0 unspecified atom stereocenters. The van der Waals surface area contributed by atoms with E-state index in [2.05, 4.69) is 41.8 Å². The van der Waals surface area contributed by atoms with Crippen molar-refractivity contribution >= 4 is 40.6 Å². The molecule has 2 aromatic carbocycles. The lowest BCUT2D eigenvalue weighted by Gasteiger charge is -2.18. The van der Waals surface area contributed by atoms with Crippen molar-refractivity contribution in [1.82, 2.24) is 5.32 Å². The Hall–Kier alpha value is -2.11. The molecule has 0 bridgehead atoms. The van der Waals surface area contributed by atoms with Crippen LogP contribution in [0.4, 0.5) is 5.69 Å². The first kappa shape index (κ1) is 21.2. The number of carbonyl (C=O) groups excluding carboxylic acids is 1. The minimum absolute atomic E-state index is 0.298. The molecule has 2 aromatic rings. The molecule has 0 heterocycles. The average Bonchev–Trinajstić information content (AvgIpc) is 2.67. The molecule has 144 valence electrons. The van der Waals surface area contributed by atoms with Gasteiger partial charge in [-0.1, -0.05) is 55.3 Å². The van der Waals surface area contributed by atoms with Crippen molar-refractivity contribution in [2.24, 2.45) is 5.92 Å². The first-order chi connectivity index (χ1) is 13.0. The Kier molecular flexibility index (Phi) is 8.55. The highest BCUT2D eigenvalue weighted by molar-refractivity contribution is 7.80. The second-order valence-electron chi connectivity index (χ2n) is 6.21. The van der Waals surface area contributed by atoms with E-state index in [0.29, 0.717) is 33.9 Å². The van der Waals surface area contributed by atoms with Gasteiger partial charge in [-0.15, -0.1) is 0 Å². The van der Waals surface area contributed by atoms with Crippen LogP contribution < -0.4 is 10.6 Å². The Bertz CT molecular complexity index is 768. The summed E-state index contributed by atoms with van der Waals surface area (Å²) in [7, 11) is 0. The summed E-state index contributed by atoms with van der Waals surface area (Å²) in [5.74, 6) is 0.0337. The molecule has 0 aliphatic carbocycles. The fourth-order valence-corrected chi connectivity index (χ4v) is 3.08. The SMILES string of the molecule is CCOC(=O)c1cc(NC(=S)NC[C@H](CC)Cc2ccccc2)ccc1Cl. The van der Waals surface area contributed by atoms with Gasteiger partial charge in [0.15, 0.2) is 5.11 Å². The van der Waals surface area contributed by atoms with Crippen LogP contribution in [-0.4, -0.2) is 24.2 Å². The largest absolute Gasteiger partial charge is 0.462 e. The summed E-state index contributed by atoms with van der Waals surface area (Å²) >= 11 is 11.5. The van der Waals surface area contributed by atoms with E-state index in [4.69, 9.17) is 28.6 Å². The molecule has 0 amide bonds. The van der Waals surface area contributed by atoms with E-state index >= 15 is 0 Å². The Morgan fingerprint density at radius 1 is 1.19 bits per heavy atom. The number of hydrogen-bond donors (Lipinski definition) is 2. The minimum Gasteiger partial charge on any atom is -0.462 e. The van der Waals surface area contributed by atoms with Crippen LogP contribution in [0.1, 0.15) is 36.2 Å². The maximum atomic E-state index is 11.9. The monoisotopic (exact) mass is 404 g/mol. The molecule has 2 rings (SSSR count). The number of carbonyl (C=O) groups is 1. The van der Waals surface area contributed by atoms with Crippen LogP contribution in [0, 0.1) is 5.92 Å². The Balaban J connectivity index is 1.91. The molecule has 0 spiro atoms. The van der Waals surface area contributed by atoms with E-state index in [0.717, 1.165) is 19.4 Å². The molecule has 0 fully saturated rings.